The van der Waals surface area contributed by atoms with Gasteiger partial charge in [0.2, 0.25) is 0 Å². The minimum Gasteiger partial charge on any atom is -0.469 e. The maximum atomic E-state index is 12.8. The number of carbonyl (C=O) groups excluding carboxylic acids is 1. The normalized spacial score (nSPS) is 10.6. The number of esters is 1. The Morgan fingerprint density at radius 2 is 1.65 bits per heavy atom. The molecule has 0 aliphatic carbocycles. The van der Waals surface area contributed by atoms with E-state index in [4.69, 9.17) is 10.5 Å². The Labute approximate surface area is 179 Å². The monoisotopic (exact) mass is 422 g/mol. The van der Waals surface area contributed by atoms with Crippen LogP contribution in [0.25, 0.3) is 0 Å². The fraction of sp³-hybridized carbons (Fsp3) is 0.261. The summed E-state index contributed by atoms with van der Waals surface area (Å²) in [5.74, 6) is -0.234. The molecule has 0 unspecified atom stereocenters. The van der Waals surface area contributed by atoms with Gasteiger partial charge in [0.15, 0.2) is 0 Å². The molecule has 8 heteroatoms. The first-order valence-corrected chi connectivity index (χ1v) is 10.0. The standard InChI is InChI=1S/C23H26N4O4/c1-31-19(28)13-8-14-26(15-17-9-4-2-5-10-17)20-21(24)27(23(30)25-22(20)29)16-18-11-6-3-7-12-18/h2-7,9-12H,8,13-16,24H2,1H3,(H,25,29,30). The van der Waals surface area contributed by atoms with Crippen LogP contribution >= 0.6 is 0 Å². The second-order valence-corrected chi connectivity index (χ2v) is 7.15. The first kappa shape index (κ1) is 21.9. The Hall–Kier alpha value is -3.81. The third-order valence-corrected chi connectivity index (χ3v) is 4.97. The molecule has 0 aliphatic heterocycles. The number of carbonyl (C=O) groups is 1. The number of hydrogen-bond acceptors (Lipinski definition) is 6. The van der Waals surface area contributed by atoms with E-state index in [-0.39, 0.29) is 30.4 Å². The van der Waals surface area contributed by atoms with Crippen LogP contribution in [0.4, 0.5) is 11.5 Å². The molecular weight excluding hydrogens is 396 g/mol. The Morgan fingerprint density at radius 1 is 1.03 bits per heavy atom. The number of hydrogen-bond donors (Lipinski definition) is 2. The molecule has 0 fully saturated rings. The molecule has 0 radical (unpaired) electrons. The highest BCUT2D eigenvalue weighted by molar-refractivity contribution is 5.69. The van der Waals surface area contributed by atoms with Crippen LogP contribution in [0.15, 0.2) is 70.3 Å². The van der Waals surface area contributed by atoms with E-state index in [1.165, 1.54) is 11.7 Å². The van der Waals surface area contributed by atoms with Crippen LogP contribution in [0.2, 0.25) is 0 Å². The maximum Gasteiger partial charge on any atom is 0.330 e. The number of nitrogen functional groups attached to an aromatic ring is 1. The molecule has 0 atom stereocenters. The van der Waals surface area contributed by atoms with Crippen molar-refractivity contribution in [2.75, 3.05) is 24.3 Å². The van der Waals surface area contributed by atoms with Gasteiger partial charge < -0.3 is 15.4 Å². The lowest BCUT2D eigenvalue weighted by Crippen LogP contribution is -2.39. The molecule has 0 amide bonds. The highest BCUT2D eigenvalue weighted by Crippen LogP contribution is 2.21. The SMILES string of the molecule is COC(=O)CCCN(Cc1ccccc1)c1c(N)n(Cc2ccccc2)c(=O)[nH]c1=O. The quantitative estimate of drug-likeness (QED) is 0.511. The third kappa shape index (κ3) is 5.63. The zero-order chi connectivity index (χ0) is 22.2. The topological polar surface area (TPSA) is 110 Å². The summed E-state index contributed by atoms with van der Waals surface area (Å²) < 4.78 is 6.06. The minimum absolute atomic E-state index is 0.0894. The van der Waals surface area contributed by atoms with Gasteiger partial charge in [-0.2, -0.15) is 0 Å². The molecule has 0 saturated carbocycles. The number of rotatable bonds is 9. The molecular formula is C23H26N4O4. The lowest BCUT2D eigenvalue weighted by molar-refractivity contribution is -0.140. The van der Waals surface area contributed by atoms with E-state index in [1.54, 1.807) is 4.90 Å². The number of anilines is 2. The van der Waals surface area contributed by atoms with Gasteiger partial charge in [-0.1, -0.05) is 60.7 Å². The van der Waals surface area contributed by atoms with Gasteiger partial charge >= 0.3 is 11.7 Å². The lowest BCUT2D eigenvalue weighted by atomic mass is 10.2. The Morgan fingerprint density at radius 3 is 2.26 bits per heavy atom. The van der Waals surface area contributed by atoms with Crippen molar-refractivity contribution in [1.29, 1.82) is 0 Å². The highest BCUT2D eigenvalue weighted by Gasteiger charge is 2.20. The summed E-state index contributed by atoms with van der Waals surface area (Å²) in [5.41, 5.74) is 7.30. The third-order valence-electron chi connectivity index (χ3n) is 4.97. The van der Waals surface area contributed by atoms with Gasteiger partial charge in [0, 0.05) is 19.5 Å². The summed E-state index contributed by atoms with van der Waals surface area (Å²) in [6.45, 7) is 1.02. The number of nitrogens with zero attached hydrogens (tertiary/aromatic N) is 2. The van der Waals surface area contributed by atoms with E-state index in [1.807, 2.05) is 60.7 Å². The molecule has 0 bridgehead atoms. The predicted molar refractivity (Wildman–Crippen MR) is 120 cm³/mol. The number of H-pyrrole nitrogens is 1. The van der Waals surface area contributed by atoms with Crippen LogP contribution < -0.4 is 21.9 Å². The smallest absolute Gasteiger partial charge is 0.330 e. The van der Waals surface area contributed by atoms with E-state index in [0.717, 1.165) is 11.1 Å². The van der Waals surface area contributed by atoms with Crippen molar-refractivity contribution in [3.05, 3.63) is 92.6 Å². The Bertz CT molecular complexity index is 1120. The van der Waals surface area contributed by atoms with E-state index >= 15 is 0 Å². The van der Waals surface area contributed by atoms with Crippen LogP contribution in [0.3, 0.4) is 0 Å². The lowest BCUT2D eigenvalue weighted by Gasteiger charge is -2.26. The Kier molecular flexibility index (Phi) is 7.26. The fourth-order valence-electron chi connectivity index (χ4n) is 3.40. The zero-order valence-electron chi connectivity index (χ0n) is 17.4. The number of aromatic nitrogens is 2. The average molecular weight is 422 g/mol. The summed E-state index contributed by atoms with van der Waals surface area (Å²) in [7, 11) is 1.34. The van der Waals surface area contributed by atoms with Crippen molar-refractivity contribution in [2.24, 2.45) is 0 Å². The second-order valence-electron chi connectivity index (χ2n) is 7.15. The molecule has 2 aromatic carbocycles. The van der Waals surface area contributed by atoms with Gasteiger partial charge in [-0.25, -0.2) is 4.79 Å². The van der Waals surface area contributed by atoms with Gasteiger partial charge in [0.25, 0.3) is 5.56 Å². The molecule has 1 aromatic heterocycles. The van der Waals surface area contributed by atoms with Crippen LogP contribution in [-0.4, -0.2) is 29.2 Å². The molecule has 8 nitrogen and oxygen atoms in total. The molecule has 3 N–H and O–H groups in total. The van der Waals surface area contributed by atoms with Crippen molar-refractivity contribution in [3.63, 3.8) is 0 Å². The van der Waals surface area contributed by atoms with Gasteiger partial charge in [-0.15, -0.1) is 0 Å². The average Bonchev–Trinajstić information content (AvgIpc) is 2.77. The van der Waals surface area contributed by atoms with E-state index in [9.17, 15) is 14.4 Å². The van der Waals surface area contributed by atoms with Gasteiger partial charge in [-0.05, 0) is 17.5 Å². The van der Waals surface area contributed by atoms with Gasteiger partial charge in [0.1, 0.15) is 11.5 Å². The molecule has 3 aromatic rings. The molecule has 0 spiro atoms. The Balaban J connectivity index is 1.98. The molecule has 0 saturated heterocycles. The molecule has 3 rings (SSSR count). The van der Waals surface area contributed by atoms with Gasteiger partial charge in [0.05, 0.1) is 13.7 Å². The van der Waals surface area contributed by atoms with Crippen molar-refractivity contribution < 1.29 is 9.53 Å². The maximum absolute atomic E-state index is 12.8. The summed E-state index contributed by atoms with van der Waals surface area (Å²) >= 11 is 0. The first-order chi connectivity index (χ1) is 15.0. The van der Waals surface area contributed by atoms with E-state index in [0.29, 0.717) is 19.5 Å². The van der Waals surface area contributed by atoms with Gasteiger partial charge in [-0.3, -0.25) is 19.1 Å². The fourth-order valence-corrected chi connectivity index (χ4v) is 3.40. The number of ether oxygens (including phenoxy) is 1. The minimum atomic E-state index is -0.565. The zero-order valence-corrected chi connectivity index (χ0v) is 17.4. The molecule has 31 heavy (non-hydrogen) atoms. The van der Waals surface area contributed by atoms with Crippen LogP contribution in [0, 0.1) is 0 Å². The highest BCUT2D eigenvalue weighted by atomic mass is 16.5. The summed E-state index contributed by atoms with van der Waals surface area (Å²) in [6, 6.07) is 19.0. The second kappa shape index (κ2) is 10.3. The number of nitrogens with two attached hydrogens (primary N) is 1. The molecule has 1 heterocycles. The number of methoxy groups -OCH3 is 1. The number of nitrogens with one attached hydrogen (secondary N) is 1. The summed E-state index contributed by atoms with van der Waals surface area (Å²) in [5, 5.41) is 0. The van der Waals surface area contributed by atoms with Crippen molar-refractivity contribution in [3.8, 4) is 0 Å². The van der Waals surface area contributed by atoms with Crippen molar-refractivity contribution >= 4 is 17.5 Å². The van der Waals surface area contributed by atoms with Crippen LogP contribution in [0.5, 0.6) is 0 Å². The van der Waals surface area contributed by atoms with E-state index in [2.05, 4.69) is 4.98 Å². The molecule has 0 aliphatic rings. The number of benzene rings is 2. The first-order valence-electron chi connectivity index (χ1n) is 10.0. The molecule has 162 valence electrons. The van der Waals surface area contributed by atoms with E-state index < -0.39 is 11.2 Å². The predicted octanol–water partition coefficient (Wildman–Crippen LogP) is 2.13. The van der Waals surface area contributed by atoms with Crippen molar-refractivity contribution in [2.45, 2.75) is 25.9 Å². The number of aromatic amines is 1. The summed E-state index contributed by atoms with van der Waals surface area (Å²) in [4.78, 5) is 41.0. The van der Waals surface area contributed by atoms with Crippen molar-refractivity contribution in [1.82, 2.24) is 9.55 Å². The largest absolute Gasteiger partial charge is 0.469 e. The van der Waals surface area contributed by atoms with Crippen LogP contribution in [0.1, 0.15) is 24.0 Å². The summed E-state index contributed by atoms with van der Waals surface area (Å²) in [6.07, 6.45) is 0.680. The van der Waals surface area contributed by atoms with Crippen LogP contribution in [-0.2, 0) is 22.6 Å².